The zero-order valence-electron chi connectivity index (χ0n) is 25.7. The highest BCUT2D eigenvalue weighted by Gasteiger charge is 2.22. The van der Waals surface area contributed by atoms with Crippen LogP contribution in [0.25, 0.3) is 0 Å². The second-order valence-corrected chi connectivity index (χ2v) is 10.1. The maximum atomic E-state index is 12.9. The van der Waals surface area contributed by atoms with Crippen LogP contribution in [-0.4, -0.2) is 80.1 Å². The first kappa shape index (κ1) is 36.3. The molecule has 0 spiro atoms. The predicted molar refractivity (Wildman–Crippen MR) is 169 cm³/mol. The fourth-order valence-electron chi connectivity index (χ4n) is 3.93. The van der Waals surface area contributed by atoms with Gasteiger partial charge in [-0.05, 0) is 16.7 Å². The summed E-state index contributed by atoms with van der Waals surface area (Å²) in [6.45, 7) is -1.62. The normalized spacial score (nSPS) is 11.9. The van der Waals surface area contributed by atoms with Crippen molar-refractivity contribution in [3.8, 4) is 0 Å². The van der Waals surface area contributed by atoms with Crippen molar-refractivity contribution in [1.29, 1.82) is 0 Å². The van der Waals surface area contributed by atoms with Gasteiger partial charge in [0.15, 0.2) is 0 Å². The van der Waals surface area contributed by atoms with Gasteiger partial charge in [0, 0.05) is 6.42 Å². The molecule has 0 fully saturated rings. The van der Waals surface area contributed by atoms with E-state index >= 15 is 0 Å². The first-order valence-electron chi connectivity index (χ1n) is 14.8. The van der Waals surface area contributed by atoms with Gasteiger partial charge >= 0.3 is 5.97 Å². The number of benzene rings is 3. The zero-order chi connectivity index (χ0) is 33.7. The van der Waals surface area contributed by atoms with Gasteiger partial charge in [0.05, 0.1) is 26.2 Å². The predicted octanol–water partition coefficient (Wildman–Crippen LogP) is -0.138. The minimum atomic E-state index is -1.40. The van der Waals surface area contributed by atoms with Crippen LogP contribution in [0.5, 0.6) is 0 Å². The van der Waals surface area contributed by atoms with Crippen LogP contribution in [-0.2, 0) is 57.8 Å². The Kier molecular flexibility index (Phi) is 16.1. The van der Waals surface area contributed by atoms with E-state index in [9.17, 15) is 29.1 Å². The van der Waals surface area contributed by atoms with E-state index in [-0.39, 0.29) is 39.5 Å². The van der Waals surface area contributed by atoms with Gasteiger partial charge in [-0.2, -0.15) is 0 Å². The summed E-state index contributed by atoms with van der Waals surface area (Å²) < 4.78 is 15.4. The number of hydrogen-bond donors (Lipinski definition) is 6. The molecule has 2 atom stereocenters. The van der Waals surface area contributed by atoms with Crippen molar-refractivity contribution in [1.82, 2.24) is 26.6 Å². The maximum absolute atomic E-state index is 12.9. The standard InChI is InChI=1S/C33H39N5O9/c39-28(18-36-33(44)47-21-26-14-8-3-9-15-26)34-19-30(41)38-27(16-24-10-4-1-5-11-24)32(43)35-17-29(40)37-23-45-22-31(42)46-20-25-12-6-2-7-13-25/h1-15,27,33,36,44H,16-23H2,(H,34,39)(H,35,43)(H,37,40)(H,38,41)/t27-,33?/m0/s1. The van der Waals surface area contributed by atoms with E-state index in [2.05, 4.69) is 26.6 Å². The number of esters is 1. The molecule has 0 saturated heterocycles. The third-order valence-corrected chi connectivity index (χ3v) is 6.33. The molecular weight excluding hydrogens is 610 g/mol. The molecule has 0 aliphatic rings. The number of rotatable bonds is 20. The van der Waals surface area contributed by atoms with Crippen LogP contribution in [0.1, 0.15) is 16.7 Å². The Bertz CT molecular complexity index is 1410. The lowest BCUT2D eigenvalue weighted by Crippen LogP contribution is -2.52. The van der Waals surface area contributed by atoms with Crippen molar-refractivity contribution in [2.24, 2.45) is 0 Å². The molecule has 3 aromatic rings. The van der Waals surface area contributed by atoms with E-state index in [1.807, 2.05) is 60.7 Å². The van der Waals surface area contributed by atoms with Gasteiger partial charge in [-0.15, -0.1) is 0 Å². The summed E-state index contributed by atoms with van der Waals surface area (Å²) in [6, 6.07) is 26.1. The zero-order valence-corrected chi connectivity index (χ0v) is 25.7. The number of amides is 4. The molecule has 4 amide bonds. The Morgan fingerprint density at radius 2 is 1.19 bits per heavy atom. The fourth-order valence-corrected chi connectivity index (χ4v) is 3.93. The number of aliphatic hydroxyl groups excluding tert-OH is 1. The Hall–Kier alpha value is -5.15. The Morgan fingerprint density at radius 3 is 1.83 bits per heavy atom. The minimum Gasteiger partial charge on any atom is -0.459 e. The highest BCUT2D eigenvalue weighted by Crippen LogP contribution is 2.04. The number of aliphatic hydroxyl groups is 1. The van der Waals surface area contributed by atoms with Gasteiger partial charge in [0.1, 0.15) is 26.0 Å². The van der Waals surface area contributed by atoms with E-state index in [0.29, 0.717) is 0 Å². The van der Waals surface area contributed by atoms with Crippen molar-refractivity contribution in [3.63, 3.8) is 0 Å². The first-order valence-corrected chi connectivity index (χ1v) is 14.8. The number of carbonyl (C=O) groups is 5. The topological polar surface area (TPSA) is 193 Å². The summed E-state index contributed by atoms with van der Waals surface area (Å²) in [5.74, 6) is -3.05. The van der Waals surface area contributed by atoms with Crippen molar-refractivity contribution in [2.75, 3.05) is 33.0 Å². The highest BCUT2D eigenvalue weighted by molar-refractivity contribution is 5.92. The molecule has 14 nitrogen and oxygen atoms in total. The van der Waals surface area contributed by atoms with Gasteiger partial charge in [0.2, 0.25) is 30.0 Å². The molecule has 0 aromatic heterocycles. The first-order chi connectivity index (χ1) is 22.8. The summed E-state index contributed by atoms with van der Waals surface area (Å²) in [4.78, 5) is 61.7. The molecule has 0 radical (unpaired) electrons. The molecule has 6 N–H and O–H groups in total. The van der Waals surface area contributed by atoms with Gasteiger partial charge in [-0.25, -0.2) is 4.79 Å². The summed E-state index contributed by atoms with van der Waals surface area (Å²) in [6.07, 6.45) is -1.28. The van der Waals surface area contributed by atoms with Crippen molar-refractivity contribution < 1.29 is 43.3 Å². The summed E-state index contributed by atoms with van der Waals surface area (Å²) in [7, 11) is 0. The average molecular weight is 650 g/mol. The molecule has 0 saturated carbocycles. The van der Waals surface area contributed by atoms with Crippen molar-refractivity contribution in [3.05, 3.63) is 108 Å². The second kappa shape index (κ2) is 20.8. The Morgan fingerprint density at radius 1 is 0.638 bits per heavy atom. The van der Waals surface area contributed by atoms with E-state index in [0.717, 1.165) is 16.7 Å². The molecule has 250 valence electrons. The molecule has 0 aliphatic carbocycles. The van der Waals surface area contributed by atoms with E-state index < -0.39 is 55.1 Å². The third-order valence-electron chi connectivity index (χ3n) is 6.33. The minimum absolute atomic E-state index is 0.0980. The van der Waals surface area contributed by atoms with Crippen LogP contribution < -0.4 is 26.6 Å². The van der Waals surface area contributed by atoms with Gasteiger partial charge in [-0.3, -0.25) is 24.5 Å². The monoisotopic (exact) mass is 649 g/mol. The molecule has 1 unspecified atom stereocenters. The van der Waals surface area contributed by atoms with Gasteiger partial charge in [0.25, 0.3) is 0 Å². The summed E-state index contributed by atoms with van der Waals surface area (Å²) >= 11 is 0. The molecule has 14 heteroatoms. The van der Waals surface area contributed by atoms with Gasteiger partial charge < -0.3 is 40.6 Å². The van der Waals surface area contributed by atoms with Crippen LogP contribution in [0, 0.1) is 0 Å². The summed E-state index contributed by atoms with van der Waals surface area (Å²) in [5, 5.41) is 22.2. The molecule has 3 rings (SSSR count). The van der Waals surface area contributed by atoms with E-state index in [4.69, 9.17) is 14.2 Å². The smallest absolute Gasteiger partial charge is 0.332 e. The van der Waals surface area contributed by atoms with Gasteiger partial charge in [-0.1, -0.05) is 91.0 Å². The van der Waals surface area contributed by atoms with E-state index in [1.54, 1.807) is 30.3 Å². The molecular formula is C33H39N5O9. The molecule has 3 aromatic carbocycles. The number of nitrogens with one attached hydrogen (secondary N) is 5. The quantitative estimate of drug-likeness (QED) is 0.0545. The van der Waals surface area contributed by atoms with Crippen LogP contribution >= 0.6 is 0 Å². The Labute approximate surface area is 272 Å². The lowest BCUT2D eigenvalue weighted by Gasteiger charge is -2.19. The Balaban J connectivity index is 1.35. The largest absolute Gasteiger partial charge is 0.459 e. The number of hydrogen-bond acceptors (Lipinski definition) is 10. The molecule has 0 aliphatic heterocycles. The third kappa shape index (κ3) is 15.6. The van der Waals surface area contributed by atoms with Crippen LogP contribution in [0.15, 0.2) is 91.0 Å². The highest BCUT2D eigenvalue weighted by atomic mass is 16.6. The number of carbonyl (C=O) groups excluding carboxylic acids is 5. The SMILES string of the molecule is O=C(CNC(=O)[C@H](Cc1ccccc1)NC(=O)CNC(=O)CNC(O)OCc1ccccc1)NCOCC(=O)OCc1ccccc1. The van der Waals surface area contributed by atoms with Crippen LogP contribution in [0.2, 0.25) is 0 Å². The summed E-state index contributed by atoms with van der Waals surface area (Å²) in [5.41, 5.74) is 2.42. The fraction of sp³-hybridized carbons (Fsp3) is 0.303. The van der Waals surface area contributed by atoms with Crippen molar-refractivity contribution in [2.45, 2.75) is 32.1 Å². The molecule has 47 heavy (non-hydrogen) atoms. The molecule has 0 heterocycles. The lowest BCUT2D eigenvalue weighted by molar-refractivity contribution is -0.151. The van der Waals surface area contributed by atoms with Crippen molar-refractivity contribution >= 4 is 29.6 Å². The number of ether oxygens (including phenoxy) is 3. The molecule has 0 bridgehead atoms. The average Bonchev–Trinajstić information content (AvgIpc) is 3.09. The lowest BCUT2D eigenvalue weighted by atomic mass is 10.1. The van der Waals surface area contributed by atoms with E-state index in [1.165, 1.54) is 0 Å². The van der Waals surface area contributed by atoms with Crippen LogP contribution in [0.4, 0.5) is 0 Å². The second-order valence-electron chi connectivity index (χ2n) is 10.1. The van der Waals surface area contributed by atoms with Crippen LogP contribution in [0.3, 0.4) is 0 Å². The maximum Gasteiger partial charge on any atom is 0.332 e.